The Morgan fingerprint density at radius 2 is 1.41 bits per heavy atom. The Balaban J connectivity index is 3.95. The molecule has 0 spiro atoms. The van der Waals surface area contributed by atoms with Crippen LogP contribution in [0.1, 0.15) is 123 Å². The van der Waals surface area contributed by atoms with Crippen LogP contribution in [0.3, 0.4) is 0 Å². The second kappa shape index (κ2) is 22.5. The zero-order valence-corrected chi connectivity index (χ0v) is 20.8. The number of allylic oxidation sites excluding steroid dienone is 1. The number of esters is 1. The van der Waals surface area contributed by atoms with Gasteiger partial charge in [-0.05, 0) is 38.5 Å². The van der Waals surface area contributed by atoms with E-state index >= 15 is 0 Å². The van der Waals surface area contributed by atoms with Crippen molar-refractivity contribution in [1.29, 1.82) is 0 Å². The average Bonchev–Trinajstić information content (AvgIpc) is 2.76. The molecule has 0 radical (unpaired) electrons. The smallest absolute Gasteiger partial charge is 0.407 e. The SMILES string of the molecule is C=C(O)CCCCCCCCCCC(CCCCCC)OC(=O)NCCCOC(=O)CC. The third-order valence-corrected chi connectivity index (χ3v) is 5.54. The highest BCUT2D eigenvalue weighted by Gasteiger charge is 2.14. The molecule has 2 N–H and O–H groups in total. The van der Waals surface area contributed by atoms with Crippen molar-refractivity contribution in [3.63, 3.8) is 0 Å². The first kappa shape index (κ1) is 30.3. The van der Waals surface area contributed by atoms with Crippen LogP contribution in [0, 0.1) is 0 Å². The summed E-state index contributed by atoms with van der Waals surface area (Å²) in [5.74, 6) is 0.0790. The van der Waals surface area contributed by atoms with Crippen LogP contribution in [-0.2, 0) is 14.3 Å². The summed E-state index contributed by atoms with van der Waals surface area (Å²) in [4.78, 5) is 23.2. The van der Waals surface area contributed by atoms with Gasteiger partial charge < -0.3 is 19.9 Å². The maximum Gasteiger partial charge on any atom is 0.407 e. The van der Waals surface area contributed by atoms with Crippen molar-refractivity contribution in [2.24, 2.45) is 0 Å². The van der Waals surface area contributed by atoms with Crippen LogP contribution in [0.5, 0.6) is 0 Å². The van der Waals surface area contributed by atoms with E-state index in [-0.39, 0.29) is 18.2 Å². The second-order valence-corrected chi connectivity index (χ2v) is 8.66. The quantitative estimate of drug-likeness (QED) is 0.101. The number of nitrogens with one attached hydrogen (secondary N) is 1. The van der Waals surface area contributed by atoms with Crippen LogP contribution >= 0.6 is 0 Å². The summed E-state index contributed by atoms with van der Waals surface area (Å²) < 4.78 is 10.7. The van der Waals surface area contributed by atoms with E-state index < -0.39 is 0 Å². The number of amides is 1. The van der Waals surface area contributed by atoms with Gasteiger partial charge in [0.1, 0.15) is 6.10 Å². The highest BCUT2D eigenvalue weighted by molar-refractivity contribution is 5.69. The van der Waals surface area contributed by atoms with Gasteiger partial charge in [-0.15, -0.1) is 0 Å². The summed E-state index contributed by atoms with van der Waals surface area (Å²) in [6.07, 6.45) is 17.2. The lowest BCUT2D eigenvalue weighted by Crippen LogP contribution is -2.30. The maximum atomic E-state index is 12.1. The molecule has 1 atom stereocenters. The number of hydrogen-bond donors (Lipinski definition) is 2. The molecule has 0 bridgehead atoms. The highest BCUT2D eigenvalue weighted by atomic mass is 16.6. The lowest BCUT2D eigenvalue weighted by atomic mass is 10.0. The van der Waals surface area contributed by atoms with E-state index in [4.69, 9.17) is 14.6 Å². The van der Waals surface area contributed by atoms with Crippen LogP contribution < -0.4 is 5.32 Å². The van der Waals surface area contributed by atoms with Gasteiger partial charge in [0, 0.05) is 19.4 Å². The van der Waals surface area contributed by atoms with Gasteiger partial charge in [-0.3, -0.25) is 4.79 Å². The summed E-state index contributed by atoms with van der Waals surface area (Å²) in [5, 5.41) is 11.9. The Labute approximate surface area is 196 Å². The van der Waals surface area contributed by atoms with Crippen molar-refractivity contribution in [1.82, 2.24) is 5.32 Å². The Bertz CT molecular complexity index is 481. The predicted molar refractivity (Wildman–Crippen MR) is 131 cm³/mol. The number of carbonyl (C=O) groups is 2. The van der Waals surface area contributed by atoms with E-state index in [0.717, 1.165) is 44.9 Å². The first-order chi connectivity index (χ1) is 15.5. The molecule has 6 nitrogen and oxygen atoms in total. The third kappa shape index (κ3) is 21.5. The molecule has 1 unspecified atom stereocenters. The van der Waals surface area contributed by atoms with Gasteiger partial charge in [-0.2, -0.15) is 0 Å². The van der Waals surface area contributed by atoms with Crippen molar-refractivity contribution in [3.05, 3.63) is 12.3 Å². The van der Waals surface area contributed by atoms with Crippen LogP contribution in [0.4, 0.5) is 4.79 Å². The summed E-state index contributed by atoms with van der Waals surface area (Å²) in [5.41, 5.74) is 0. The monoisotopic (exact) mass is 455 g/mol. The standard InChI is InChI=1S/C26H49NO5/c1-4-6-7-15-19-24(32-26(30)27-21-17-22-31-25(29)5-2)20-16-13-11-9-8-10-12-14-18-23(3)28/h24,28H,3-22H2,1-2H3,(H,27,30). The molecule has 0 aliphatic carbocycles. The van der Waals surface area contributed by atoms with E-state index in [1.807, 2.05) is 0 Å². The van der Waals surface area contributed by atoms with Crippen molar-refractivity contribution >= 4 is 12.1 Å². The Hall–Kier alpha value is -1.72. The average molecular weight is 456 g/mol. The number of carbonyl (C=O) groups excluding carboxylic acids is 2. The fraction of sp³-hybridized carbons (Fsp3) is 0.846. The molecule has 1 amide bonds. The number of aliphatic hydroxyl groups excluding tert-OH is 1. The second-order valence-electron chi connectivity index (χ2n) is 8.66. The van der Waals surface area contributed by atoms with Gasteiger partial charge in [-0.25, -0.2) is 4.79 Å². The zero-order valence-electron chi connectivity index (χ0n) is 20.8. The lowest BCUT2D eigenvalue weighted by Gasteiger charge is -2.18. The summed E-state index contributed by atoms with van der Waals surface area (Å²) >= 11 is 0. The first-order valence-corrected chi connectivity index (χ1v) is 13.0. The molecule has 0 fully saturated rings. The topological polar surface area (TPSA) is 84.9 Å². The number of rotatable bonds is 22. The number of ether oxygens (including phenoxy) is 2. The van der Waals surface area contributed by atoms with Gasteiger partial charge in [0.25, 0.3) is 0 Å². The predicted octanol–water partition coefficient (Wildman–Crippen LogP) is 7.37. The zero-order chi connectivity index (χ0) is 23.9. The number of hydrogen-bond acceptors (Lipinski definition) is 5. The van der Waals surface area contributed by atoms with Gasteiger partial charge in [-0.1, -0.05) is 78.2 Å². The molecule has 0 saturated heterocycles. The van der Waals surface area contributed by atoms with E-state index in [0.29, 0.717) is 31.8 Å². The van der Waals surface area contributed by atoms with Crippen molar-refractivity contribution < 1.29 is 24.2 Å². The van der Waals surface area contributed by atoms with E-state index in [1.165, 1.54) is 51.4 Å². The summed E-state index contributed by atoms with van der Waals surface area (Å²) in [6, 6.07) is 0. The molecule has 0 aromatic rings. The molecule has 0 saturated carbocycles. The van der Waals surface area contributed by atoms with Crippen LogP contribution in [-0.4, -0.2) is 36.4 Å². The van der Waals surface area contributed by atoms with Crippen LogP contribution in [0.2, 0.25) is 0 Å². The molecule has 0 heterocycles. The normalized spacial score (nSPS) is 11.7. The molecule has 0 aromatic heterocycles. The largest absolute Gasteiger partial charge is 0.513 e. The highest BCUT2D eigenvalue weighted by Crippen LogP contribution is 2.17. The third-order valence-electron chi connectivity index (χ3n) is 5.54. The number of unbranched alkanes of at least 4 members (excludes halogenated alkanes) is 10. The van der Waals surface area contributed by atoms with E-state index in [2.05, 4.69) is 18.8 Å². The van der Waals surface area contributed by atoms with Crippen LogP contribution in [0.25, 0.3) is 0 Å². The molecule has 0 rings (SSSR count). The van der Waals surface area contributed by atoms with Gasteiger partial charge in [0.15, 0.2) is 0 Å². The minimum atomic E-state index is -0.363. The summed E-state index contributed by atoms with van der Waals surface area (Å²) in [7, 11) is 0. The fourth-order valence-corrected chi connectivity index (χ4v) is 3.57. The number of aliphatic hydroxyl groups is 1. The van der Waals surface area contributed by atoms with Gasteiger partial charge >= 0.3 is 12.1 Å². The molecular formula is C26H49NO5. The minimum Gasteiger partial charge on any atom is -0.513 e. The van der Waals surface area contributed by atoms with Crippen molar-refractivity contribution in [2.75, 3.05) is 13.2 Å². The lowest BCUT2D eigenvalue weighted by molar-refractivity contribution is -0.143. The molecular weight excluding hydrogens is 406 g/mol. The van der Waals surface area contributed by atoms with Crippen molar-refractivity contribution in [2.45, 2.75) is 129 Å². The first-order valence-electron chi connectivity index (χ1n) is 13.0. The fourth-order valence-electron chi connectivity index (χ4n) is 3.57. The molecule has 0 aromatic carbocycles. The summed E-state index contributed by atoms with van der Waals surface area (Å²) in [6.45, 7) is 8.25. The number of alkyl carbamates (subject to hydrolysis) is 1. The van der Waals surface area contributed by atoms with Crippen molar-refractivity contribution in [3.8, 4) is 0 Å². The molecule has 6 heteroatoms. The van der Waals surface area contributed by atoms with Gasteiger partial charge in [0.2, 0.25) is 0 Å². The van der Waals surface area contributed by atoms with Gasteiger partial charge in [0.05, 0.1) is 12.4 Å². The molecule has 0 aliphatic heterocycles. The Morgan fingerprint density at radius 3 is 1.97 bits per heavy atom. The molecule has 32 heavy (non-hydrogen) atoms. The Morgan fingerprint density at radius 1 is 0.844 bits per heavy atom. The van der Waals surface area contributed by atoms with Crippen LogP contribution in [0.15, 0.2) is 12.3 Å². The minimum absolute atomic E-state index is 0.0173. The Kier molecular flexibility index (Phi) is 21.3. The molecule has 188 valence electrons. The van der Waals surface area contributed by atoms with E-state index in [1.54, 1.807) is 6.92 Å². The molecule has 0 aliphatic rings. The maximum absolute atomic E-state index is 12.1. The van der Waals surface area contributed by atoms with E-state index in [9.17, 15) is 9.59 Å².